The fourth-order valence-corrected chi connectivity index (χ4v) is 8.35. The fourth-order valence-electron chi connectivity index (χ4n) is 8.35. The molecule has 0 saturated carbocycles. The van der Waals surface area contributed by atoms with E-state index in [0.29, 0.717) is 57.2 Å². The van der Waals surface area contributed by atoms with Crippen LogP contribution in [0.3, 0.4) is 0 Å². The number of fused-ring (bicyclic) bond motifs is 6. The summed E-state index contributed by atoms with van der Waals surface area (Å²) >= 11 is 0. The number of nitrogens with zero attached hydrogens (tertiary/aromatic N) is 4. The number of likely N-dealkylation sites (N-methyl/N-ethyl adjacent to an activating group) is 2. The van der Waals surface area contributed by atoms with Crippen molar-refractivity contribution in [3.8, 4) is 34.8 Å². The first-order chi connectivity index (χ1) is 23.5. The van der Waals surface area contributed by atoms with Gasteiger partial charge in [-0.2, -0.15) is 5.26 Å². The van der Waals surface area contributed by atoms with Crippen LogP contribution < -0.4 is 18.9 Å². The molecule has 7 rings (SSSR count). The number of rotatable bonds is 7. The number of phenols is 1. The molecule has 3 aromatic carbocycles. The highest BCUT2D eigenvalue weighted by Crippen LogP contribution is 2.52. The molecule has 1 N–H and O–H groups in total. The number of aryl methyl sites for hydroxylation is 1. The molecule has 1 saturated heterocycles. The topological polar surface area (TPSA) is 142 Å². The van der Waals surface area contributed by atoms with E-state index in [1.165, 1.54) is 18.9 Å². The summed E-state index contributed by atoms with van der Waals surface area (Å²) < 4.78 is 23.5. The third-order valence-corrected chi connectivity index (χ3v) is 10.6. The van der Waals surface area contributed by atoms with Crippen LogP contribution in [0.15, 0.2) is 30.3 Å². The van der Waals surface area contributed by atoms with Crippen molar-refractivity contribution < 1.29 is 38.4 Å². The number of esters is 1. The summed E-state index contributed by atoms with van der Waals surface area (Å²) in [7, 11) is 5.40. The second kappa shape index (κ2) is 12.1. The summed E-state index contributed by atoms with van der Waals surface area (Å²) in [5, 5.41) is 22.1. The molecule has 0 aromatic heterocycles. The Hall–Kier alpha value is -5.12. The lowest BCUT2D eigenvalue weighted by atomic mass is 9.75. The Balaban J connectivity index is 1.37. The van der Waals surface area contributed by atoms with Gasteiger partial charge in [-0.05, 0) is 70.5 Å². The number of methoxy groups -OCH3 is 1. The highest BCUT2D eigenvalue weighted by Gasteiger charge is 2.51. The van der Waals surface area contributed by atoms with Crippen LogP contribution in [0.25, 0.3) is 0 Å². The summed E-state index contributed by atoms with van der Waals surface area (Å²) in [6, 6.07) is 9.87. The molecule has 0 spiro atoms. The standard InChI is InChI=1S/C37H38N4O8/c1-18-13-21-14-26-28(16-38)39(4)27(30(40(26)5)29(21)31(43)32(18)46-6)15-25-22(35-34(47-17-48-35)19(2)33(25)49-20(3)42)11-12-41-36(44)23-9-7-8-10-24(23)37(41)45/h7-10,13,26-28,30,43H,11-12,14-15,17H2,1-6H3/t26-,27?,28-,30+/m0/s1. The lowest BCUT2D eigenvalue weighted by Crippen LogP contribution is -2.65. The lowest BCUT2D eigenvalue weighted by molar-refractivity contribution is -0.132. The number of amides is 2. The molecule has 1 fully saturated rings. The van der Waals surface area contributed by atoms with Gasteiger partial charge in [0.2, 0.25) is 6.79 Å². The van der Waals surface area contributed by atoms with Crippen LogP contribution in [0.4, 0.5) is 0 Å². The number of aromatic hydroxyl groups is 1. The minimum atomic E-state index is -0.528. The van der Waals surface area contributed by atoms with E-state index in [4.69, 9.17) is 18.9 Å². The predicted molar refractivity (Wildman–Crippen MR) is 176 cm³/mol. The molecular formula is C37H38N4O8. The molecule has 4 heterocycles. The molecule has 4 aliphatic heterocycles. The van der Waals surface area contributed by atoms with Crippen LogP contribution in [-0.4, -0.2) is 90.3 Å². The highest BCUT2D eigenvalue weighted by molar-refractivity contribution is 6.21. The molecule has 2 amide bonds. The Labute approximate surface area is 284 Å². The van der Waals surface area contributed by atoms with Gasteiger partial charge in [0, 0.05) is 47.8 Å². The number of carbonyl (C=O) groups excluding carboxylic acids is 3. The Morgan fingerprint density at radius 2 is 1.71 bits per heavy atom. The van der Waals surface area contributed by atoms with Crippen molar-refractivity contribution in [3.05, 3.63) is 74.8 Å². The largest absolute Gasteiger partial charge is 0.504 e. The Bertz CT molecular complexity index is 1930. The number of nitriles is 1. The van der Waals surface area contributed by atoms with Crippen molar-refractivity contribution >= 4 is 17.8 Å². The molecule has 2 bridgehead atoms. The van der Waals surface area contributed by atoms with Crippen molar-refractivity contribution in [2.24, 2.45) is 0 Å². The maximum Gasteiger partial charge on any atom is 0.308 e. The van der Waals surface area contributed by atoms with Crippen LogP contribution in [-0.2, 0) is 24.1 Å². The van der Waals surface area contributed by atoms with Gasteiger partial charge in [-0.15, -0.1) is 0 Å². The zero-order valence-electron chi connectivity index (χ0n) is 28.3. The Morgan fingerprint density at radius 1 is 1.04 bits per heavy atom. The number of carbonyl (C=O) groups is 3. The van der Waals surface area contributed by atoms with Crippen molar-refractivity contribution in [1.82, 2.24) is 14.7 Å². The van der Waals surface area contributed by atoms with E-state index in [-0.39, 0.29) is 55.8 Å². The van der Waals surface area contributed by atoms with Gasteiger partial charge in [-0.1, -0.05) is 18.2 Å². The van der Waals surface area contributed by atoms with E-state index in [1.54, 1.807) is 31.2 Å². The van der Waals surface area contributed by atoms with Gasteiger partial charge in [-0.25, -0.2) is 0 Å². The first-order valence-corrected chi connectivity index (χ1v) is 16.3. The van der Waals surface area contributed by atoms with Gasteiger partial charge in [0.1, 0.15) is 11.8 Å². The van der Waals surface area contributed by atoms with E-state index >= 15 is 0 Å². The maximum absolute atomic E-state index is 13.3. The second-order valence-corrected chi connectivity index (χ2v) is 13.2. The number of benzene rings is 3. The molecule has 0 radical (unpaired) electrons. The van der Waals surface area contributed by atoms with Gasteiger partial charge in [0.05, 0.1) is 30.3 Å². The van der Waals surface area contributed by atoms with Crippen LogP contribution in [0, 0.1) is 25.2 Å². The maximum atomic E-state index is 13.3. The molecule has 4 aliphatic rings. The number of phenolic OH excluding ortho intramolecular Hbond substituents is 1. The molecule has 12 nitrogen and oxygen atoms in total. The minimum Gasteiger partial charge on any atom is -0.504 e. The number of piperazine rings is 1. The molecule has 0 aliphatic carbocycles. The van der Waals surface area contributed by atoms with Gasteiger partial charge >= 0.3 is 5.97 Å². The number of hydrogen-bond acceptors (Lipinski definition) is 11. The zero-order valence-corrected chi connectivity index (χ0v) is 28.3. The van der Waals surface area contributed by atoms with Crippen LogP contribution in [0.1, 0.15) is 67.1 Å². The van der Waals surface area contributed by atoms with Gasteiger partial charge in [-0.3, -0.25) is 29.1 Å². The molecular weight excluding hydrogens is 628 g/mol. The van der Waals surface area contributed by atoms with Gasteiger partial charge in [0.15, 0.2) is 23.0 Å². The van der Waals surface area contributed by atoms with Crippen molar-refractivity contribution in [2.45, 2.75) is 64.2 Å². The van der Waals surface area contributed by atoms with Crippen LogP contribution in [0.2, 0.25) is 0 Å². The number of imide groups is 1. The molecule has 49 heavy (non-hydrogen) atoms. The molecule has 254 valence electrons. The van der Waals surface area contributed by atoms with E-state index in [9.17, 15) is 24.8 Å². The van der Waals surface area contributed by atoms with E-state index in [0.717, 1.165) is 16.7 Å². The van der Waals surface area contributed by atoms with Gasteiger partial charge < -0.3 is 24.1 Å². The van der Waals surface area contributed by atoms with Crippen LogP contribution >= 0.6 is 0 Å². The predicted octanol–water partition coefficient (Wildman–Crippen LogP) is 3.86. The summed E-state index contributed by atoms with van der Waals surface area (Å²) in [4.78, 5) is 44.7. The third kappa shape index (κ3) is 4.90. The average molecular weight is 667 g/mol. The van der Waals surface area contributed by atoms with Gasteiger partial charge in [0.25, 0.3) is 11.8 Å². The monoisotopic (exact) mass is 666 g/mol. The molecule has 4 atom stereocenters. The Kier molecular flexibility index (Phi) is 8.00. The minimum absolute atomic E-state index is 0.0462. The summed E-state index contributed by atoms with van der Waals surface area (Å²) in [6.07, 6.45) is 1.03. The molecule has 3 aromatic rings. The summed E-state index contributed by atoms with van der Waals surface area (Å²) in [5.74, 6) is 0.386. The van der Waals surface area contributed by atoms with Crippen molar-refractivity contribution in [1.29, 1.82) is 5.26 Å². The van der Waals surface area contributed by atoms with Crippen molar-refractivity contribution in [2.75, 3.05) is 34.5 Å². The average Bonchev–Trinajstić information content (AvgIpc) is 3.65. The van der Waals surface area contributed by atoms with E-state index < -0.39 is 18.1 Å². The van der Waals surface area contributed by atoms with Crippen molar-refractivity contribution in [3.63, 3.8) is 0 Å². The number of ether oxygens (including phenoxy) is 4. The normalized spacial score (nSPS) is 22.5. The summed E-state index contributed by atoms with van der Waals surface area (Å²) in [5.41, 5.74) is 5.05. The number of hydrogen-bond donors (Lipinski definition) is 1. The highest BCUT2D eigenvalue weighted by atomic mass is 16.7. The first-order valence-electron chi connectivity index (χ1n) is 16.3. The Morgan fingerprint density at radius 3 is 2.35 bits per heavy atom. The zero-order chi connectivity index (χ0) is 34.9. The lowest BCUT2D eigenvalue weighted by Gasteiger charge is -2.55. The van der Waals surface area contributed by atoms with E-state index in [2.05, 4.69) is 11.0 Å². The molecule has 12 heteroatoms. The third-order valence-electron chi connectivity index (χ3n) is 10.6. The SMILES string of the molecule is COc1c(C)cc2c(c1O)[C@H]1C(Cc3c(CCN4C(=O)c5ccccc5C4=O)c4c(c(C)c3OC(C)=O)OCO4)N(C)[C@@H](C#N)[C@H](C2)N1C. The first kappa shape index (κ1) is 32.4. The van der Waals surface area contributed by atoms with E-state index in [1.807, 2.05) is 32.0 Å². The second-order valence-electron chi connectivity index (χ2n) is 13.2. The molecule has 1 unspecified atom stereocenters. The quantitative estimate of drug-likeness (QED) is 0.223. The fraction of sp³-hybridized carbons (Fsp3) is 0.405. The van der Waals surface area contributed by atoms with Crippen LogP contribution in [0.5, 0.6) is 28.7 Å². The summed E-state index contributed by atoms with van der Waals surface area (Å²) in [6.45, 7) is 5.01. The smallest absolute Gasteiger partial charge is 0.308 e.